The maximum Gasteiger partial charge on any atom is 0.262 e. The van der Waals surface area contributed by atoms with Crippen LogP contribution in [0.1, 0.15) is 46.0 Å². The van der Waals surface area contributed by atoms with Crippen LogP contribution in [-0.4, -0.2) is 34.7 Å². The molecule has 2 aliphatic rings. The van der Waals surface area contributed by atoms with E-state index in [1.807, 2.05) is 6.92 Å². The van der Waals surface area contributed by atoms with Gasteiger partial charge < -0.3 is 5.32 Å². The maximum atomic E-state index is 12.5. The number of nitrogens with zero attached hydrogens (tertiary/aromatic N) is 1. The third-order valence-electron chi connectivity index (χ3n) is 4.15. The number of piperidine rings is 1. The van der Waals surface area contributed by atoms with Gasteiger partial charge in [0.25, 0.3) is 11.8 Å². The van der Waals surface area contributed by atoms with Gasteiger partial charge in [0.05, 0.1) is 11.1 Å². The van der Waals surface area contributed by atoms with Gasteiger partial charge in [-0.25, -0.2) is 0 Å². The molecule has 2 heterocycles. The Balaban J connectivity index is 2.07. The smallest absolute Gasteiger partial charge is 0.262 e. The summed E-state index contributed by atoms with van der Waals surface area (Å²) in [4.78, 5) is 38.3. The fourth-order valence-corrected chi connectivity index (χ4v) is 2.95. The van der Waals surface area contributed by atoms with Crippen LogP contribution in [0, 0.1) is 6.92 Å². The van der Waals surface area contributed by atoms with Crippen molar-refractivity contribution in [3.8, 4) is 0 Å². The predicted molar refractivity (Wildman–Crippen MR) is 72.3 cm³/mol. The Labute approximate surface area is 116 Å². The van der Waals surface area contributed by atoms with Crippen molar-refractivity contribution in [2.75, 3.05) is 6.54 Å². The second-order valence-electron chi connectivity index (χ2n) is 5.63. The van der Waals surface area contributed by atoms with Crippen LogP contribution in [0.15, 0.2) is 18.2 Å². The number of amides is 3. The summed E-state index contributed by atoms with van der Waals surface area (Å²) in [6.07, 6.45) is 1.26. The summed E-state index contributed by atoms with van der Waals surface area (Å²) in [6.45, 7) is 4.13. The van der Waals surface area contributed by atoms with Crippen LogP contribution in [0.3, 0.4) is 0 Å². The first kappa shape index (κ1) is 12.8. The van der Waals surface area contributed by atoms with Gasteiger partial charge in [-0.3, -0.25) is 19.3 Å². The molecule has 0 aromatic heterocycles. The molecule has 2 aliphatic heterocycles. The molecule has 1 saturated heterocycles. The van der Waals surface area contributed by atoms with Crippen molar-refractivity contribution >= 4 is 17.7 Å². The van der Waals surface area contributed by atoms with E-state index in [-0.39, 0.29) is 17.7 Å². The van der Waals surface area contributed by atoms with E-state index >= 15 is 0 Å². The quantitative estimate of drug-likeness (QED) is 0.783. The molecule has 3 rings (SSSR count). The van der Waals surface area contributed by atoms with E-state index in [0.29, 0.717) is 24.1 Å². The molecule has 0 radical (unpaired) electrons. The average molecular weight is 272 g/mol. The molecular formula is C15H16N2O3. The first-order valence-corrected chi connectivity index (χ1v) is 6.73. The Kier molecular flexibility index (Phi) is 2.67. The normalized spacial score (nSPS) is 25.7. The number of nitrogens with one attached hydrogen (secondary N) is 1. The highest BCUT2D eigenvalue weighted by Gasteiger charge is 2.51. The van der Waals surface area contributed by atoms with Gasteiger partial charge in [0.1, 0.15) is 5.54 Å². The number of hydrogen-bond acceptors (Lipinski definition) is 3. The van der Waals surface area contributed by atoms with E-state index in [9.17, 15) is 14.4 Å². The monoisotopic (exact) mass is 272 g/mol. The number of carbonyl (C=O) groups is 3. The van der Waals surface area contributed by atoms with Gasteiger partial charge in [0.15, 0.2) is 0 Å². The molecule has 0 unspecified atom stereocenters. The van der Waals surface area contributed by atoms with Crippen LogP contribution in [0.25, 0.3) is 0 Å². The Morgan fingerprint density at radius 3 is 2.55 bits per heavy atom. The molecule has 5 heteroatoms. The van der Waals surface area contributed by atoms with Crippen molar-refractivity contribution in [2.24, 2.45) is 0 Å². The second kappa shape index (κ2) is 4.16. The zero-order valence-corrected chi connectivity index (χ0v) is 11.5. The number of imide groups is 1. The maximum absolute atomic E-state index is 12.5. The third-order valence-corrected chi connectivity index (χ3v) is 4.15. The first-order chi connectivity index (χ1) is 9.45. The summed E-state index contributed by atoms with van der Waals surface area (Å²) in [5.41, 5.74) is 0.624. The van der Waals surface area contributed by atoms with Crippen molar-refractivity contribution in [3.63, 3.8) is 0 Å². The SMILES string of the molecule is Cc1ccc2c(c1)C(=O)N([C@@]1(C)CCCNC1=O)C2=O. The van der Waals surface area contributed by atoms with Crippen LogP contribution in [-0.2, 0) is 4.79 Å². The fourth-order valence-electron chi connectivity index (χ4n) is 2.95. The standard InChI is InChI=1S/C15H16N2O3/c1-9-4-5-10-11(8-9)13(19)17(12(10)18)15(2)6-3-7-16-14(15)20/h4-5,8H,3,6-7H2,1-2H3,(H,16,20)/t15-/m0/s1. The number of fused-ring (bicyclic) bond motifs is 1. The van der Waals surface area contributed by atoms with Gasteiger partial charge in [-0.15, -0.1) is 0 Å². The van der Waals surface area contributed by atoms with E-state index in [0.717, 1.165) is 16.9 Å². The lowest BCUT2D eigenvalue weighted by molar-refractivity contribution is -0.132. The van der Waals surface area contributed by atoms with Gasteiger partial charge >= 0.3 is 0 Å². The molecule has 0 saturated carbocycles. The summed E-state index contributed by atoms with van der Waals surface area (Å²) in [7, 11) is 0. The minimum Gasteiger partial charge on any atom is -0.354 e. The molecule has 0 bridgehead atoms. The van der Waals surface area contributed by atoms with Gasteiger partial charge in [0, 0.05) is 6.54 Å². The lowest BCUT2D eigenvalue weighted by Gasteiger charge is -2.38. The predicted octanol–water partition coefficient (Wildman–Crippen LogP) is 1.26. The molecule has 1 aromatic rings. The zero-order chi connectivity index (χ0) is 14.5. The molecule has 1 fully saturated rings. The average Bonchev–Trinajstić information content (AvgIpc) is 2.65. The zero-order valence-electron chi connectivity index (χ0n) is 11.5. The molecular weight excluding hydrogens is 256 g/mol. The summed E-state index contributed by atoms with van der Waals surface area (Å²) in [5.74, 6) is -0.993. The number of rotatable bonds is 1. The van der Waals surface area contributed by atoms with Crippen molar-refractivity contribution in [1.82, 2.24) is 10.2 Å². The van der Waals surface area contributed by atoms with Crippen molar-refractivity contribution < 1.29 is 14.4 Å². The minimum absolute atomic E-state index is 0.255. The topological polar surface area (TPSA) is 66.5 Å². The molecule has 104 valence electrons. The Bertz CT molecular complexity index is 638. The molecule has 1 atom stereocenters. The molecule has 1 N–H and O–H groups in total. The van der Waals surface area contributed by atoms with Crippen molar-refractivity contribution in [3.05, 3.63) is 34.9 Å². The van der Waals surface area contributed by atoms with Gasteiger partial charge in [-0.05, 0) is 38.8 Å². The van der Waals surface area contributed by atoms with Gasteiger partial charge in [0.2, 0.25) is 5.91 Å². The lowest BCUT2D eigenvalue weighted by Crippen LogP contribution is -2.61. The molecule has 0 spiro atoms. The molecule has 0 aliphatic carbocycles. The Morgan fingerprint density at radius 2 is 1.85 bits per heavy atom. The molecule has 1 aromatic carbocycles. The Morgan fingerprint density at radius 1 is 1.15 bits per heavy atom. The van der Waals surface area contributed by atoms with Crippen LogP contribution in [0.2, 0.25) is 0 Å². The van der Waals surface area contributed by atoms with Crippen LogP contribution in [0.4, 0.5) is 0 Å². The summed E-state index contributed by atoms with van der Waals surface area (Å²) >= 11 is 0. The van der Waals surface area contributed by atoms with Crippen molar-refractivity contribution in [1.29, 1.82) is 0 Å². The third kappa shape index (κ3) is 1.59. The molecule has 3 amide bonds. The second-order valence-corrected chi connectivity index (χ2v) is 5.63. The molecule has 5 nitrogen and oxygen atoms in total. The highest BCUT2D eigenvalue weighted by atomic mass is 16.2. The van der Waals surface area contributed by atoms with E-state index in [2.05, 4.69) is 5.32 Å². The fraction of sp³-hybridized carbons (Fsp3) is 0.400. The molecule has 20 heavy (non-hydrogen) atoms. The Hall–Kier alpha value is -2.17. The van der Waals surface area contributed by atoms with E-state index < -0.39 is 5.54 Å². The minimum atomic E-state index is -1.08. The van der Waals surface area contributed by atoms with Crippen LogP contribution >= 0.6 is 0 Å². The lowest BCUT2D eigenvalue weighted by atomic mass is 9.89. The number of carbonyl (C=O) groups excluding carboxylic acids is 3. The van der Waals surface area contributed by atoms with Crippen LogP contribution < -0.4 is 5.32 Å². The number of aryl methyl sites for hydroxylation is 1. The van der Waals surface area contributed by atoms with E-state index in [1.54, 1.807) is 25.1 Å². The first-order valence-electron chi connectivity index (χ1n) is 6.73. The van der Waals surface area contributed by atoms with Crippen molar-refractivity contribution in [2.45, 2.75) is 32.2 Å². The number of benzene rings is 1. The summed E-state index contributed by atoms with van der Waals surface area (Å²) in [6, 6.07) is 5.17. The van der Waals surface area contributed by atoms with E-state index in [4.69, 9.17) is 0 Å². The highest BCUT2D eigenvalue weighted by molar-refractivity contribution is 6.23. The van der Waals surface area contributed by atoms with Gasteiger partial charge in [-0.2, -0.15) is 0 Å². The summed E-state index contributed by atoms with van der Waals surface area (Å²) in [5, 5.41) is 2.74. The number of hydrogen-bond donors (Lipinski definition) is 1. The largest absolute Gasteiger partial charge is 0.354 e. The van der Waals surface area contributed by atoms with E-state index in [1.165, 1.54) is 0 Å². The van der Waals surface area contributed by atoms with Gasteiger partial charge in [-0.1, -0.05) is 11.6 Å². The summed E-state index contributed by atoms with van der Waals surface area (Å²) < 4.78 is 0. The van der Waals surface area contributed by atoms with Crippen LogP contribution in [0.5, 0.6) is 0 Å². The highest BCUT2D eigenvalue weighted by Crippen LogP contribution is 2.34.